The minimum Gasteiger partial charge on any atom is -0.496 e. The topological polar surface area (TPSA) is 55.4 Å². The minimum absolute atomic E-state index is 0.131. The van der Waals surface area contributed by atoms with Crippen molar-refractivity contribution in [2.24, 2.45) is 0 Å². The highest BCUT2D eigenvalue weighted by atomic mass is 16.5. The first-order valence-electron chi connectivity index (χ1n) is 25.8. The summed E-state index contributed by atoms with van der Waals surface area (Å²) < 4.78 is 41.4. The van der Waals surface area contributed by atoms with Gasteiger partial charge < -0.3 is 28.4 Å². The quantitative estimate of drug-likeness (QED) is 0.176. The monoisotopic (exact) mass is 961 g/mol. The Labute approximate surface area is 428 Å². The van der Waals surface area contributed by atoms with Gasteiger partial charge in [0.05, 0.1) is 21.3 Å². The van der Waals surface area contributed by atoms with Gasteiger partial charge in [-0.1, -0.05) is 153 Å². The van der Waals surface area contributed by atoms with Crippen LogP contribution in [0.3, 0.4) is 0 Å². The molecule has 3 aliphatic rings. The summed E-state index contributed by atoms with van der Waals surface area (Å²) in [4.78, 5) is 0. The predicted molar refractivity (Wildman–Crippen MR) is 291 cm³/mol. The number of methoxy groups -OCH3 is 3. The summed E-state index contributed by atoms with van der Waals surface area (Å²) in [5.41, 5.74) is 19.9. The molecular formula is C66H72O6. The van der Waals surface area contributed by atoms with Crippen molar-refractivity contribution in [2.75, 3.05) is 21.3 Å². The molecule has 0 saturated heterocycles. The summed E-state index contributed by atoms with van der Waals surface area (Å²) in [6.45, 7) is 21.7. The van der Waals surface area contributed by atoms with Crippen LogP contribution >= 0.6 is 0 Å². The summed E-state index contributed by atoms with van der Waals surface area (Å²) in [6, 6.07) is 40.8. The van der Waals surface area contributed by atoms with Crippen LogP contribution in [-0.2, 0) is 74.6 Å². The second-order valence-corrected chi connectivity index (χ2v) is 23.5. The van der Waals surface area contributed by atoms with Crippen molar-refractivity contribution < 1.29 is 28.4 Å². The van der Waals surface area contributed by atoms with E-state index in [-0.39, 0.29) is 16.2 Å². The lowest BCUT2D eigenvalue weighted by molar-refractivity contribution is 0.287. The second-order valence-electron chi connectivity index (χ2n) is 23.5. The van der Waals surface area contributed by atoms with E-state index in [4.69, 9.17) is 28.4 Å². The average Bonchev–Trinajstić information content (AvgIpc) is 3.31. The van der Waals surface area contributed by atoms with Crippen LogP contribution in [0.1, 0.15) is 162 Å². The van der Waals surface area contributed by atoms with Crippen LogP contribution in [0, 0.1) is 0 Å². The molecule has 0 spiro atoms. The Bertz CT molecular complexity index is 2720. The largest absolute Gasteiger partial charge is 0.496 e. The number of hydrogen-bond acceptors (Lipinski definition) is 6. The average molecular weight is 961 g/mol. The summed E-state index contributed by atoms with van der Waals surface area (Å²) in [5, 5.41) is 0. The number of fused-ring (bicyclic) bond motifs is 9. The van der Waals surface area contributed by atoms with Gasteiger partial charge in [-0.2, -0.15) is 0 Å². The molecule has 0 fully saturated rings. The van der Waals surface area contributed by atoms with E-state index in [1.807, 2.05) is 21.3 Å². The van der Waals surface area contributed by atoms with Gasteiger partial charge in [0.25, 0.3) is 0 Å². The van der Waals surface area contributed by atoms with Crippen LogP contribution in [0.25, 0.3) is 0 Å². The molecule has 3 heterocycles. The molecule has 7 aromatic rings. The summed E-state index contributed by atoms with van der Waals surface area (Å²) in [6.07, 6.45) is 3.68. The number of para-hydroxylation sites is 3. The van der Waals surface area contributed by atoms with E-state index in [0.717, 1.165) is 118 Å². The van der Waals surface area contributed by atoms with Gasteiger partial charge in [-0.25, -0.2) is 0 Å². The molecule has 7 aromatic carbocycles. The van der Waals surface area contributed by atoms with Gasteiger partial charge in [-0.15, -0.1) is 0 Å². The second kappa shape index (κ2) is 19.1. The zero-order valence-electron chi connectivity index (χ0n) is 44.7. The lowest BCUT2D eigenvalue weighted by Gasteiger charge is -2.27. The van der Waals surface area contributed by atoms with Crippen molar-refractivity contribution in [3.63, 3.8) is 0 Å². The Kier molecular flexibility index (Phi) is 13.0. The first-order valence-corrected chi connectivity index (χ1v) is 25.8. The first-order chi connectivity index (χ1) is 34.4. The fourth-order valence-electron chi connectivity index (χ4n) is 11.2. The van der Waals surface area contributed by atoms with Crippen molar-refractivity contribution in [2.45, 2.75) is 137 Å². The van der Waals surface area contributed by atoms with E-state index in [2.05, 4.69) is 172 Å². The van der Waals surface area contributed by atoms with E-state index >= 15 is 0 Å². The van der Waals surface area contributed by atoms with E-state index in [0.29, 0.717) is 58.3 Å². The minimum atomic E-state index is -0.131. The third-order valence-electron chi connectivity index (χ3n) is 15.0. The molecule has 0 saturated carbocycles. The molecule has 10 rings (SSSR count). The lowest BCUT2D eigenvalue weighted by atomic mass is 9.81. The van der Waals surface area contributed by atoms with Crippen molar-refractivity contribution >= 4 is 0 Å². The molecule has 0 aliphatic carbocycles. The summed E-state index contributed by atoms with van der Waals surface area (Å²) >= 11 is 0. The van der Waals surface area contributed by atoms with E-state index in [1.54, 1.807) is 0 Å². The maximum Gasteiger partial charge on any atom is 0.126 e. The summed E-state index contributed by atoms with van der Waals surface area (Å²) in [5.74, 6) is 5.32. The van der Waals surface area contributed by atoms with Crippen LogP contribution in [0.2, 0.25) is 0 Å². The zero-order valence-corrected chi connectivity index (χ0v) is 44.7. The Morgan fingerprint density at radius 1 is 0.306 bits per heavy atom. The van der Waals surface area contributed by atoms with Gasteiger partial charge in [0, 0.05) is 38.5 Å². The SMILES string of the molecule is COc1c2cc(C(C)(C)C)cc1Cc1cccc3c1OCc1cc4cc(c1)COc1c(cccc1Cc1cc(C(C)(C)C)cc(c1OC)C3)Cc1cc(C(C)(C)C)cc(c1OC)Cc1cccc(c1OC4)C2. The maximum atomic E-state index is 7.26. The molecule has 6 nitrogen and oxygen atoms in total. The van der Waals surface area contributed by atoms with E-state index in [9.17, 15) is 0 Å². The molecule has 0 atom stereocenters. The van der Waals surface area contributed by atoms with Crippen LogP contribution in [-0.4, -0.2) is 21.3 Å². The molecule has 12 bridgehead atoms. The molecule has 0 unspecified atom stereocenters. The van der Waals surface area contributed by atoms with E-state index < -0.39 is 0 Å². The van der Waals surface area contributed by atoms with E-state index in [1.165, 1.54) is 16.7 Å². The smallest absolute Gasteiger partial charge is 0.126 e. The van der Waals surface area contributed by atoms with Crippen LogP contribution in [0.15, 0.2) is 109 Å². The Morgan fingerprint density at radius 2 is 0.514 bits per heavy atom. The molecule has 0 amide bonds. The van der Waals surface area contributed by atoms with Crippen molar-refractivity contribution in [1.82, 2.24) is 0 Å². The molecular weight excluding hydrogens is 889 g/mol. The fourth-order valence-corrected chi connectivity index (χ4v) is 11.2. The standard InChI is InChI=1S/C66H72O6/c1-64(2,3)55-31-49-25-43-16-13-18-45-27-51-33-56(65(4,5)6)35-53(59(51)68-11)29-47-20-15-21-48-30-54-36-57(66(7,8)9)34-52(60(54)69-12)28-46-19-14-17-44(26-50(32-55)58(49)67-10)62(46)71-38-41-22-40(37-70-61(43)45)23-42(24-41)39-72-63(47)48/h13-24,31-36H,25-30,37-39H2,1-12H3. The molecule has 0 N–H and O–H groups in total. The highest BCUT2D eigenvalue weighted by Gasteiger charge is 2.28. The van der Waals surface area contributed by atoms with Gasteiger partial charge in [-0.3, -0.25) is 0 Å². The molecule has 72 heavy (non-hydrogen) atoms. The predicted octanol–water partition coefficient (Wildman–Crippen LogP) is 14.8. The van der Waals surface area contributed by atoms with Gasteiger partial charge in [-0.05, 0) is 135 Å². The van der Waals surface area contributed by atoms with Crippen molar-refractivity contribution in [3.05, 3.63) is 209 Å². The fraction of sp³-hybridized carbons (Fsp3) is 0.364. The molecule has 0 aromatic heterocycles. The molecule has 6 heteroatoms. The van der Waals surface area contributed by atoms with Gasteiger partial charge in [0.2, 0.25) is 0 Å². The van der Waals surface area contributed by atoms with Gasteiger partial charge in [0.1, 0.15) is 54.3 Å². The highest BCUT2D eigenvalue weighted by molar-refractivity contribution is 5.60. The Hall–Kier alpha value is -6.66. The van der Waals surface area contributed by atoms with Crippen LogP contribution in [0.4, 0.5) is 0 Å². The van der Waals surface area contributed by atoms with Crippen LogP contribution in [0.5, 0.6) is 34.5 Å². The maximum absolute atomic E-state index is 7.26. The van der Waals surface area contributed by atoms with Crippen molar-refractivity contribution in [1.29, 1.82) is 0 Å². The third kappa shape index (κ3) is 9.82. The molecule has 0 radical (unpaired) electrons. The van der Waals surface area contributed by atoms with Gasteiger partial charge in [0.15, 0.2) is 0 Å². The van der Waals surface area contributed by atoms with Gasteiger partial charge >= 0.3 is 0 Å². The Morgan fingerprint density at radius 3 is 0.694 bits per heavy atom. The molecule has 3 aliphatic heterocycles. The highest BCUT2D eigenvalue weighted by Crippen LogP contribution is 2.44. The number of benzene rings is 7. The number of rotatable bonds is 3. The number of ether oxygens (including phenoxy) is 6. The number of hydrogen-bond donors (Lipinski definition) is 0. The van der Waals surface area contributed by atoms with Crippen LogP contribution < -0.4 is 28.4 Å². The lowest BCUT2D eigenvalue weighted by Crippen LogP contribution is -2.15. The summed E-state index contributed by atoms with van der Waals surface area (Å²) in [7, 11) is 5.44. The first kappa shape index (κ1) is 48.9. The zero-order chi connectivity index (χ0) is 50.7. The third-order valence-corrected chi connectivity index (χ3v) is 15.0. The molecule has 372 valence electrons. The van der Waals surface area contributed by atoms with Crippen molar-refractivity contribution in [3.8, 4) is 34.5 Å². The Balaban J connectivity index is 1.33. The normalized spacial score (nSPS) is 14.5.